The SMILES string of the molecule is CCOC(=O)C(Cc1ccc(OC/C=C2/c3ccccc3CSc3ccccc32)cc1)OCC. The summed E-state index contributed by atoms with van der Waals surface area (Å²) in [6.45, 7) is 4.95. The molecule has 0 amide bonds. The van der Waals surface area contributed by atoms with E-state index in [1.165, 1.54) is 27.2 Å². The van der Waals surface area contributed by atoms with Gasteiger partial charge in [-0.2, -0.15) is 0 Å². The molecule has 1 atom stereocenters. The monoisotopic (exact) mass is 474 g/mol. The molecule has 0 aliphatic carbocycles. The summed E-state index contributed by atoms with van der Waals surface area (Å²) in [6, 6.07) is 25.0. The molecule has 1 aliphatic rings. The smallest absolute Gasteiger partial charge is 0.335 e. The van der Waals surface area contributed by atoms with Crippen LogP contribution in [0.4, 0.5) is 0 Å². The predicted molar refractivity (Wildman–Crippen MR) is 137 cm³/mol. The second-order valence-corrected chi connectivity index (χ2v) is 8.93. The topological polar surface area (TPSA) is 44.8 Å². The molecule has 0 radical (unpaired) electrons. The van der Waals surface area contributed by atoms with E-state index < -0.39 is 6.10 Å². The largest absolute Gasteiger partial charge is 0.490 e. The number of ether oxygens (including phenoxy) is 3. The third kappa shape index (κ3) is 5.91. The number of benzene rings is 3. The average Bonchev–Trinajstić information content (AvgIpc) is 3.02. The highest BCUT2D eigenvalue weighted by Crippen LogP contribution is 2.39. The first-order valence-electron chi connectivity index (χ1n) is 11.7. The molecule has 34 heavy (non-hydrogen) atoms. The summed E-state index contributed by atoms with van der Waals surface area (Å²) >= 11 is 1.88. The minimum absolute atomic E-state index is 0.321. The molecule has 4 nitrogen and oxygen atoms in total. The van der Waals surface area contributed by atoms with Crippen LogP contribution >= 0.6 is 11.8 Å². The normalized spacial score (nSPS) is 14.6. The second-order valence-electron chi connectivity index (χ2n) is 7.91. The molecule has 0 N–H and O–H groups in total. The number of thioether (sulfide) groups is 1. The summed E-state index contributed by atoms with van der Waals surface area (Å²) in [5.74, 6) is 1.43. The Labute approximate surface area is 205 Å². The van der Waals surface area contributed by atoms with Gasteiger partial charge in [0.15, 0.2) is 6.10 Å². The summed E-state index contributed by atoms with van der Waals surface area (Å²) in [5.41, 5.74) is 6.06. The maximum atomic E-state index is 12.1. The van der Waals surface area contributed by atoms with Crippen LogP contribution in [-0.2, 0) is 26.4 Å². The minimum Gasteiger partial charge on any atom is -0.490 e. The standard InChI is InChI=1S/C29H30O4S/c1-3-31-27(29(30)32-4-2)19-21-13-15-23(16-14-21)33-18-17-25-24-10-6-5-9-22(24)20-34-28-12-8-7-11-26(25)28/h5-17,27H,3-4,18-20H2,1-2H3/b25-17-. The molecule has 3 aromatic rings. The number of esters is 1. The fraction of sp³-hybridized carbons (Fsp3) is 0.276. The van der Waals surface area contributed by atoms with Crippen molar-refractivity contribution in [2.45, 2.75) is 37.0 Å². The minimum atomic E-state index is -0.588. The Morgan fingerprint density at radius 2 is 1.68 bits per heavy atom. The Morgan fingerprint density at radius 1 is 0.941 bits per heavy atom. The van der Waals surface area contributed by atoms with E-state index in [9.17, 15) is 4.79 Å². The molecule has 1 aliphatic heterocycles. The molecule has 1 unspecified atom stereocenters. The van der Waals surface area contributed by atoms with Gasteiger partial charge in [-0.15, -0.1) is 11.8 Å². The quantitative estimate of drug-likeness (QED) is 0.340. The van der Waals surface area contributed by atoms with Crippen molar-refractivity contribution in [3.05, 3.63) is 101 Å². The van der Waals surface area contributed by atoms with Crippen molar-refractivity contribution >= 4 is 23.3 Å². The first-order valence-corrected chi connectivity index (χ1v) is 12.7. The molecule has 0 aromatic heterocycles. The third-order valence-corrected chi connectivity index (χ3v) is 6.79. The van der Waals surface area contributed by atoms with Crippen LogP contribution in [-0.4, -0.2) is 31.9 Å². The predicted octanol–water partition coefficient (Wildman–Crippen LogP) is 6.31. The van der Waals surface area contributed by atoms with Gasteiger partial charge in [0.1, 0.15) is 12.4 Å². The number of hydrogen-bond acceptors (Lipinski definition) is 5. The molecule has 5 heteroatoms. The summed E-state index contributed by atoms with van der Waals surface area (Å²) in [4.78, 5) is 13.4. The van der Waals surface area contributed by atoms with Gasteiger partial charge < -0.3 is 14.2 Å². The van der Waals surface area contributed by atoms with Crippen LogP contribution in [0.5, 0.6) is 5.75 Å². The van der Waals surface area contributed by atoms with Gasteiger partial charge >= 0.3 is 5.97 Å². The van der Waals surface area contributed by atoms with Gasteiger partial charge in [-0.1, -0.05) is 54.6 Å². The van der Waals surface area contributed by atoms with E-state index in [0.29, 0.717) is 26.2 Å². The average molecular weight is 475 g/mol. The van der Waals surface area contributed by atoms with Crippen LogP contribution in [0.25, 0.3) is 5.57 Å². The van der Waals surface area contributed by atoms with Gasteiger partial charge in [0.05, 0.1) is 6.61 Å². The third-order valence-electron chi connectivity index (χ3n) is 5.67. The number of rotatable bonds is 9. The van der Waals surface area contributed by atoms with Gasteiger partial charge in [0, 0.05) is 23.7 Å². The number of carbonyl (C=O) groups excluding carboxylic acids is 1. The Kier molecular flexibility index (Phi) is 8.45. The zero-order chi connectivity index (χ0) is 23.8. The molecule has 0 saturated carbocycles. The number of hydrogen-bond donors (Lipinski definition) is 0. The van der Waals surface area contributed by atoms with Crippen molar-refractivity contribution in [3.8, 4) is 5.75 Å². The lowest BCUT2D eigenvalue weighted by molar-refractivity contribution is -0.156. The fourth-order valence-corrected chi connectivity index (χ4v) is 5.12. The molecule has 0 fully saturated rings. The molecular formula is C29H30O4S. The molecule has 1 heterocycles. The highest BCUT2D eigenvalue weighted by Gasteiger charge is 2.21. The first-order chi connectivity index (χ1) is 16.7. The highest BCUT2D eigenvalue weighted by atomic mass is 32.2. The Balaban J connectivity index is 1.46. The number of carbonyl (C=O) groups is 1. The molecule has 176 valence electrons. The summed E-state index contributed by atoms with van der Waals surface area (Å²) in [7, 11) is 0. The van der Waals surface area contributed by atoms with Crippen molar-refractivity contribution in [1.82, 2.24) is 0 Å². The molecule has 0 saturated heterocycles. The van der Waals surface area contributed by atoms with Gasteiger partial charge in [0.25, 0.3) is 0 Å². The van der Waals surface area contributed by atoms with Crippen molar-refractivity contribution in [3.63, 3.8) is 0 Å². The molecule has 0 spiro atoms. The van der Waals surface area contributed by atoms with E-state index in [4.69, 9.17) is 14.2 Å². The molecule has 4 rings (SSSR count). The fourth-order valence-electron chi connectivity index (χ4n) is 4.05. The van der Waals surface area contributed by atoms with E-state index in [1.807, 2.05) is 43.0 Å². The Bertz CT molecular complexity index is 1090. The van der Waals surface area contributed by atoms with Crippen LogP contribution in [0.2, 0.25) is 0 Å². The van der Waals surface area contributed by atoms with E-state index in [0.717, 1.165) is 17.1 Å². The maximum absolute atomic E-state index is 12.1. The Hall–Kier alpha value is -3.02. The lowest BCUT2D eigenvalue weighted by Crippen LogP contribution is -2.28. The highest BCUT2D eigenvalue weighted by molar-refractivity contribution is 7.98. The molecule has 0 bridgehead atoms. The van der Waals surface area contributed by atoms with Crippen molar-refractivity contribution in [2.24, 2.45) is 0 Å². The first kappa shape index (κ1) is 24.1. The van der Waals surface area contributed by atoms with Gasteiger partial charge in [-0.25, -0.2) is 4.79 Å². The van der Waals surface area contributed by atoms with Crippen LogP contribution in [0, 0.1) is 0 Å². The van der Waals surface area contributed by atoms with Crippen LogP contribution in [0.15, 0.2) is 83.8 Å². The van der Waals surface area contributed by atoms with Gasteiger partial charge in [-0.05, 0) is 65.9 Å². The maximum Gasteiger partial charge on any atom is 0.335 e. The van der Waals surface area contributed by atoms with Gasteiger partial charge in [-0.3, -0.25) is 0 Å². The van der Waals surface area contributed by atoms with Crippen molar-refractivity contribution < 1.29 is 19.0 Å². The molecule has 3 aromatic carbocycles. The molecular weight excluding hydrogens is 444 g/mol. The summed E-state index contributed by atoms with van der Waals surface area (Å²) in [5, 5.41) is 0. The summed E-state index contributed by atoms with van der Waals surface area (Å²) in [6.07, 6.45) is 2.06. The lowest BCUT2D eigenvalue weighted by Gasteiger charge is -2.16. The second kappa shape index (κ2) is 11.9. The number of fused-ring (bicyclic) bond motifs is 2. The summed E-state index contributed by atoms with van der Waals surface area (Å²) < 4.78 is 16.8. The van der Waals surface area contributed by atoms with Crippen LogP contribution in [0.1, 0.15) is 36.1 Å². The van der Waals surface area contributed by atoms with E-state index >= 15 is 0 Å². The van der Waals surface area contributed by atoms with E-state index in [1.54, 1.807) is 6.92 Å². The van der Waals surface area contributed by atoms with Crippen molar-refractivity contribution in [2.75, 3.05) is 19.8 Å². The lowest BCUT2D eigenvalue weighted by atomic mass is 9.94. The van der Waals surface area contributed by atoms with Gasteiger partial charge in [0.2, 0.25) is 0 Å². The van der Waals surface area contributed by atoms with Crippen LogP contribution in [0.3, 0.4) is 0 Å². The zero-order valence-electron chi connectivity index (χ0n) is 19.7. The van der Waals surface area contributed by atoms with Crippen molar-refractivity contribution in [1.29, 1.82) is 0 Å². The van der Waals surface area contributed by atoms with E-state index in [-0.39, 0.29) is 5.97 Å². The van der Waals surface area contributed by atoms with Crippen LogP contribution < -0.4 is 4.74 Å². The zero-order valence-corrected chi connectivity index (χ0v) is 20.5. The van der Waals surface area contributed by atoms with E-state index in [2.05, 4.69) is 54.6 Å². The Morgan fingerprint density at radius 3 is 2.44 bits per heavy atom.